The van der Waals surface area contributed by atoms with Gasteiger partial charge in [-0.3, -0.25) is 0 Å². The summed E-state index contributed by atoms with van der Waals surface area (Å²) in [4.78, 5) is 0. The van der Waals surface area contributed by atoms with E-state index in [0.717, 1.165) is 13.1 Å². The summed E-state index contributed by atoms with van der Waals surface area (Å²) < 4.78 is 2.38. The van der Waals surface area contributed by atoms with Crippen LogP contribution in [-0.2, 0) is 13.1 Å². The van der Waals surface area contributed by atoms with Crippen LogP contribution >= 0.6 is 10.2 Å². The van der Waals surface area contributed by atoms with Crippen molar-refractivity contribution in [1.29, 1.82) is 0 Å². The van der Waals surface area contributed by atoms with Gasteiger partial charge in [-0.15, -0.1) is 0 Å². The summed E-state index contributed by atoms with van der Waals surface area (Å²) in [5.74, 6) is 0. The van der Waals surface area contributed by atoms with Gasteiger partial charge in [-0.05, 0) is 0 Å². The Morgan fingerprint density at radius 1 is 2.00 bits per heavy atom. The fourth-order valence-corrected chi connectivity index (χ4v) is 0. The zero-order valence-electron chi connectivity index (χ0n) is 1.90. The summed E-state index contributed by atoms with van der Waals surface area (Å²) in [5.41, 5.74) is 0. The molecule has 0 aromatic heterocycles. The maximum atomic E-state index is 4.95. The van der Waals surface area contributed by atoms with Gasteiger partial charge in [-0.1, -0.05) is 0 Å². The zero-order valence-corrected chi connectivity index (χ0v) is 3.64. The third-order valence-corrected chi connectivity index (χ3v) is 0.523. The Balaban J connectivity index is 3.11. The van der Waals surface area contributed by atoms with E-state index in [0.29, 0.717) is 0 Å². The predicted octanol–water partition coefficient (Wildman–Crippen LogP) is 0.810. The summed E-state index contributed by atoms with van der Waals surface area (Å²) in [6.45, 7) is 3.19. The monoisotopic (exact) mass is 119 g/mol. The van der Waals surface area contributed by atoms with E-state index in [4.69, 9.17) is 10.2 Å². The van der Waals surface area contributed by atoms with E-state index in [1.807, 2.05) is 0 Å². The molecule has 0 N–H and O–H groups in total. The Kier molecular flexibility index (Phi) is 3.81. The third kappa shape index (κ3) is 2.43. The molecule has 0 radical (unpaired) electrons. The molecule has 0 bridgehead atoms. The molecular formula is C2H2ClNi. The molecule has 0 unspecified atom stereocenters. The van der Waals surface area contributed by atoms with Crippen LogP contribution in [-0.4, -0.2) is 4.65 Å². The van der Waals surface area contributed by atoms with Crippen molar-refractivity contribution in [2.24, 2.45) is 0 Å². The van der Waals surface area contributed by atoms with Crippen molar-refractivity contribution in [3.05, 3.63) is 6.58 Å². The molecule has 0 aromatic carbocycles. The number of halogens is 1. The predicted molar refractivity (Wildman–Crippen MR) is 16.5 cm³/mol. The molecule has 0 amide bonds. The van der Waals surface area contributed by atoms with Crippen molar-refractivity contribution in [2.75, 3.05) is 0 Å². The molecule has 0 nitrogen and oxygen atoms in total. The molecule has 0 rings (SSSR count). The van der Waals surface area contributed by atoms with Crippen molar-refractivity contribution >= 4 is 14.8 Å². The third-order valence-electron chi connectivity index (χ3n) is 0.0423. The Labute approximate surface area is 35.1 Å². The van der Waals surface area contributed by atoms with Gasteiger partial charge in [0.1, 0.15) is 0 Å². The molecule has 0 aliphatic heterocycles. The molecule has 0 saturated carbocycles. The van der Waals surface area contributed by atoms with Crippen molar-refractivity contribution < 1.29 is 13.1 Å². The fraction of sp³-hybridized carbons (Fsp3) is 0. The molecular weight excluding hydrogens is 118 g/mol. The van der Waals surface area contributed by atoms with E-state index in [2.05, 4.69) is 11.2 Å². The van der Waals surface area contributed by atoms with Crippen LogP contribution in [0.15, 0.2) is 6.58 Å². The van der Waals surface area contributed by atoms with Crippen molar-refractivity contribution in [3.63, 3.8) is 0 Å². The van der Waals surface area contributed by atoms with Crippen LogP contribution < -0.4 is 0 Å². The van der Waals surface area contributed by atoms with E-state index in [9.17, 15) is 0 Å². The quantitative estimate of drug-likeness (QED) is 0.415. The number of hydrogen-bond donors (Lipinski definition) is 0. The molecule has 2 heteroatoms. The Morgan fingerprint density at radius 3 is 2.25 bits per heavy atom. The van der Waals surface area contributed by atoms with Gasteiger partial charge < -0.3 is 0 Å². The van der Waals surface area contributed by atoms with E-state index in [-0.39, 0.29) is 0 Å². The van der Waals surface area contributed by atoms with Crippen LogP contribution in [0.5, 0.6) is 0 Å². The molecule has 0 atom stereocenters. The Morgan fingerprint density at radius 2 is 2.25 bits per heavy atom. The van der Waals surface area contributed by atoms with Crippen LogP contribution in [0.1, 0.15) is 0 Å². The normalized spacial score (nSPS) is 6.25. The van der Waals surface area contributed by atoms with Crippen LogP contribution in [0.25, 0.3) is 0 Å². The molecule has 4 heavy (non-hydrogen) atoms. The van der Waals surface area contributed by atoms with Gasteiger partial charge in [0.05, 0.1) is 0 Å². The van der Waals surface area contributed by atoms with Gasteiger partial charge in [0, 0.05) is 0 Å². The first kappa shape index (κ1) is 4.43. The van der Waals surface area contributed by atoms with E-state index < -0.39 is 0 Å². The molecule has 0 saturated heterocycles. The van der Waals surface area contributed by atoms with Gasteiger partial charge >= 0.3 is 34.5 Å². The first-order valence-corrected chi connectivity index (χ1v) is 2.48. The second-order valence-electron chi connectivity index (χ2n) is 0.172. The van der Waals surface area contributed by atoms with E-state index in [1.54, 1.807) is 0 Å². The summed E-state index contributed by atoms with van der Waals surface area (Å²) in [7, 11) is 4.95. The van der Waals surface area contributed by atoms with Gasteiger partial charge in [-0.25, -0.2) is 0 Å². The van der Waals surface area contributed by atoms with Crippen LogP contribution in [0.3, 0.4) is 0 Å². The molecule has 0 aliphatic carbocycles. The average Bonchev–Trinajstić information content (AvgIpc) is 1.37. The zero-order chi connectivity index (χ0) is 3.41. The standard InChI is InChI=1S/C2H2.ClH.Ni/c1-2;;/h1H2;1H;/q;;+1/p-1. The first-order valence-electron chi connectivity index (χ1n) is 0.631. The first-order chi connectivity index (χ1) is 1.91. The number of hydrogen-bond acceptors (Lipinski definition) is 0. The molecule has 0 spiro atoms. The van der Waals surface area contributed by atoms with Crippen LogP contribution in [0, 0.1) is 0 Å². The van der Waals surface area contributed by atoms with E-state index >= 15 is 0 Å². The minimum atomic E-state index is 0.833. The van der Waals surface area contributed by atoms with Gasteiger partial charge in [0.2, 0.25) is 0 Å². The molecule has 0 aromatic rings. The second-order valence-corrected chi connectivity index (χ2v) is 1.20. The van der Waals surface area contributed by atoms with Crippen molar-refractivity contribution in [2.45, 2.75) is 0 Å². The topological polar surface area (TPSA) is 0 Å². The maximum absolute atomic E-state index is 4.95. The molecule has 27 valence electrons. The summed E-state index contributed by atoms with van der Waals surface area (Å²) in [5, 5.41) is 0. The van der Waals surface area contributed by atoms with Crippen LogP contribution in [0.2, 0.25) is 0 Å². The van der Waals surface area contributed by atoms with Crippen molar-refractivity contribution in [3.8, 4) is 0 Å². The average molecular weight is 120 g/mol. The van der Waals surface area contributed by atoms with Gasteiger partial charge in [-0.2, -0.15) is 0 Å². The second kappa shape index (κ2) is 3.43. The summed E-state index contributed by atoms with van der Waals surface area (Å²) in [6.07, 6.45) is 0. The summed E-state index contributed by atoms with van der Waals surface area (Å²) >= 11 is 0.833. The SMILES string of the molecule is C=[C]=[Ni][Cl]. The Bertz CT molecular complexity index is 44.0. The number of rotatable bonds is 0. The molecule has 0 aliphatic rings. The van der Waals surface area contributed by atoms with Gasteiger partial charge in [0.15, 0.2) is 0 Å². The van der Waals surface area contributed by atoms with Crippen molar-refractivity contribution in [1.82, 2.24) is 0 Å². The molecule has 0 fully saturated rings. The van der Waals surface area contributed by atoms with E-state index in [1.165, 1.54) is 0 Å². The molecule has 0 heterocycles. The van der Waals surface area contributed by atoms with Crippen LogP contribution in [0.4, 0.5) is 0 Å². The fourth-order valence-electron chi connectivity index (χ4n) is 0. The minimum absolute atomic E-state index is 0.833. The van der Waals surface area contributed by atoms with Gasteiger partial charge in [0.25, 0.3) is 0 Å². The Hall–Kier alpha value is 0.434. The summed E-state index contributed by atoms with van der Waals surface area (Å²) in [6, 6.07) is 0.